The molecule has 0 aliphatic carbocycles. The van der Waals surface area contributed by atoms with Crippen molar-refractivity contribution in [2.75, 3.05) is 13.1 Å². The van der Waals surface area contributed by atoms with Crippen LogP contribution in [0.2, 0.25) is 0 Å². The number of unbranched alkanes of at least 4 members (excludes halogenated alkanes) is 14. The molecule has 34 heavy (non-hydrogen) atoms. The van der Waals surface area contributed by atoms with Gasteiger partial charge in [-0.3, -0.25) is 9.59 Å². The fraction of sp³-hybridized carbons (Fsp3) is 0.931. The van der Waals surface area contributed by atoms with Crippen LogP contribution < -0.4 is 16.8 Å². The van der Waals surface area contributed by atoms with Gasteiger partial charge in [0, 0.05) is 24.8 Å². The van der Waals surface area contributed by atoms with Crippen molar-refractivity contribution >= 4 is 11.7 Å². The Bertz CT molecular complexity index is 470. The number of nitrogens with two attached hydrogens (primary N) is 2. The van der Waals surface area contributed by atoms with E-state index in [0.717, 1.165) is 51.4 Å². The maximum Gasteiger partial charge on any atom is 0.223 e. The first kappa shape index (κ1) is 33.1. The molecule has 0 saturated heterocycles. The van der Waals surface area contributed by atoms with E-state index in [-0.39, 0.29) is 23.7 Å². The summed E-state index contributed by atoms with van der Waals surface area (Å²) >= 11 is 0. The number of hydrogen-bond acceptors (Lipinski definition) is 4. The molecule has 0 aromatic carbocycles. The zero-order chi connectivity index (χ0) is 25.3. The highest BCUT2D eigenvalue weighted by molar-refractivity contribution is 5.86. The Morgan fingerprint density at radius 1 is 0.647 bits per heavy atom. The van der Waals surface area contributed by atoms with E-state index in [9.17, 15) is 9.59 Å². The van der Waals surface area contributed by atoms with E-state index in [4.69, 9.17) is 11.5 Å². The van der Waals surface area contributed by atoms with Crippen molar-refractivity contribution in [2.45, 2.75) is 155 Å². The summed E-state index contributed by atoms with van der Waals surface area (Å²) in [6, 6.07) is 0.132. The van der Waals surface area contributed by atoms with E-state index in [2.05, 4.69) is 12.2 Å². The average Bonchev–Trinajstić information content (AvgIpc) is 2.81. The molecule has 0 aliphatic heterocycles. The monoisotopic (exact) mass is 481 g/mol. The third kappa shape index (κ3) is 21.6. The number of carbonyl (C=O) groups excluding carboxylic acids is 2. The third-order valence-electron chi connectivity index (χ3n) is 6.89. The zero-order valence-corrected chi connectivity index (χ0v) is 22.9. The Balaban J connectivity index is 3.97. The highest BCUT2D eigenvalue weighted by Gasteiger charge is 2.22. The Morgan fingerprint density at radius 3 is 1.62 bits per heavy atom. The van der Waals surface area contributed by atoms with Crippen LogP contribution in [0, 0.1) is 5.92 Å². The van der Waals surface area contributed by atoms with Gasteiger partial charge in [-0.1, -0.05) is 96.8 Å². The fourth-order valence-corrected chi connectivity index (χ4v) is 4.61. The number of hydrogen-bond donors (Lipinski definition) is 3. The van der Waals surface area contributed by atoms with Crippen molar-refractivity contribution < 1.29 is 9.59 Å². The molecule has 2 atom stereocenters. The number of ketones is 1. The van der Waals surface area contributed by atoms with Gasteiger partial charge in [0.25, 0.3) is 0 Å². The van der Waals surface area contributed by atoms with Crippen molar-refractivity contribution in [1.82, 2.24) is 5.32 Å². The first-order valence-corrected chi connectivity index (χ1v) is 14.8. The van der Waals surface area contributed by atoms with Crippen molar-refractivity contribution in [3.63, 3.8) is 0 Å². The predicted molar refractivity (Wildman–Crippen MR) is 147 cm³/mol. The SMILES string of the molecule is CCCCCCCCCCCCCCCC(=O)C[C@@H](CCCCN)C(=O)N[C@H](C)CCCCN. The van der Waals surface area contributed by atoms with Gasteiger partial charge < -0.3 is 16.8 Å². The molecule has 5 nitrogen and oxygen atoms in total. The maximum absolute atomic E-state index is 12.8. The summed E-state index contributed by atoms with van der Waals surface area (Å²) < 4.78 is 0. The van der Waals surface area contributed by atoms with Crippen LogP contribution in [-0.4, -0.2) is 30.8 Å². The van der Waals surface area contributed by atoms with Crippen molar-refractivity contribution in [1.29, 1.82) is 0 Å². The van der Waals surface area contributed by atoms with E-state index in [1.54, 1.807) is 0 Å². The molecular formula is C29H59N3O2. The molecule has 5 heteroatoms. The molecular weight excluding hydrogens is 422 g/mol. The molecule has 0 saturated carbocycles. The molecule has 0 aliphatic rings. The van der Waals surface area contributed by atoms with Gasteiger partial charge in [0.15, 0.2) is 0 Å². The molecule has 1 amide bonds. The Hall–Kier alpha value is -0.940. The quantitative estimate of drug-likeness (QED) is 0.118. The van der Waals surface area contributed by atoms with E-state index in [1.165, 1.54) is 70.6 Å². The van der Waals surface area contributed by atoms with Crippen molar-refractivity contribution in [3.05, 3.63) is 0 Å². The van der Waals surface area contributed by atoms with Crippen LogP contribution in [-0.2, 0) is 9.59 Å². The summed E-state index contributed by atoms with van der Waals surface area (Å²) in [5, 5.41) is 3.13. The predicted octanol–water partition coefficient (Wildman–Crippen LogP) is 6.81. The minimum absolute atomic E-state index is 0.0379. The molecule has 0 aromatic rings. The number of Topliss-reactive ketones (excluding diaryl/α,β-unsaturated/α-hetero) is 1. The van der Waals surface area contributed by atoms with Crippen LogP contribution >= 0.6 is 0 Å². The molecule has 0 heterocycles. The third-order valence-corrected chi connectivity index (χ3v) is 6.89. The smallest absolute Gasteiger partial charge is 0.223 e. The van der Waals surface area contributed by atoms with Gasteiger partial charge in [-0.25, -0.2) is 0 Å². The molecule has 0 radical (unpaired) electrons. The highest BCUT2D eigenvalue weighted by Crippen LogP contribution is 2.18. The second kappa shape index (κ2) is 25.2. The first-order chi connectivity index (χ1) is 16.5. The van der Waals surface area contributed by atoms with Crippen LogP contribution in [0.3, 0.4) is 0 Å². The lowest BCUT2D eigenvalue weighted by Crippen LogP contribution is -2.38. The lowest BCUT2D eigenvalue weighted by molar-refractivity contribution is -0.130. The van der Waals surface area contributed by atoms with E-state index in [0.29, 0.717) is 25.9 Å². The van der Waals surface area contributed by atoms with Gasteiger partial charge in [-0.15, -0.1) is 0 Å². The van der Waals surface area contributed by atoms with E-state index in [1.807, 2.05) is 6.92 Å². The lowest BCUT2D eigenvalue weighted by Gasteiger charge is -2.20. The van der Waals surface area contributed by atoms with Gasteiger partial charge in [0.1, 0.15) is 5.78 Å². The van der Waals surface area contributed by atoms with Gasteiger partial charge in [0.05, 0.1) is 0 Å². The number of rotatable bonds is 26. The summed E-state index contributed by atoms with van der Waals surface area (Å²) in [6.07, 6.45) is 23.5. The number of carbonyl (C=O) groups is 2. The molecule has 0 bridgehead atoms. The van der Waals surface area contributed by atoms with Crippen molar-refractivity contribution in [3.8, 4) is 0 Å². The second-order valence-electron chi connectivity index (χ2n) is 10.4. The summed E-state index contributed by atoms with van der Waals surface area (Å²) in [7, 11) is 0. The summed E-state index contributed by atoms with van der Waals surface area (Å²) in [6.45, 7) is 5.64. The van der Waals surface area contributed by atoms with Crippen molar-refractivity contribution in [2.24, 2.45) is 17.4 Å². The van der Waals surface area contributed by atoms with E-state index < -0.39 is 0 Å². The largest absolute Gasteiger partial charge is 0.353 e. The van der Waals surface area contributed by atoms with Crippen LogP contribution in [0.25, 0.3) is 0 Å². The second-order valence-corrected chi connectivity index (χ2v) is 10.4. The Morgan fingerprint density at radius 2 is 1.12 bits per heavy atom. The van der Waals surface area contributed by atoms with Crippen LogP contribution in [0.4, 0.5) is 0 Å². The highest BCUT2D eigenvalue weighted by atomic mass is 16.2. The first-order valence-electron chi connectivity index (χ1n) is 14.8. The van der Waals surface area contributed by atoms with Crippen LogP contribution in [0.1, 0.15) is 149 Å². The fourth-order valence-electron chi connectivity index (χ4n) is 4.61. The summed E-state index contributed by atoms with van der Waals surface area (Å²) in [5.41, 5.74) is 11.2. The standard InChI is InChI=1S/C29H59N3O2/c1-3-4-5-6-7-8-9-10-11-12-13-14-15-22-28(33)25-27(21-17-19-24-31)29(34)32-26(2)20-16-18-23-30/h26-27H,3-25,30-31H2,1-2H3,(H,32,34)/t26-,27-/m1/s1. The molecule has 202 valence electrons. The van der Waals surface area contributed by atoms with Gasteiger partial charge >= 0.3 is 0 Å². The Kier molecular flexibility index (Phi) is 24.5. The number of nitrogens with one attached hydrogen (secondary N) is 1. The van der Waals surface area contributed by atoms with Crippen LogP contribution in [0.15, 0.2) is 0 Å². The summed E-state index contributed by atoms with van der Waals surface area (Å²) in [4.78, 5) is 25.4. The maximum atomic E-state index is 12.8. The Labute approximate surface area is 212 Å². The molecule has 0 spiro atoms. The molecule has 5 N–H and O–H groups in total. The molecule has 0 aromatic heterocycles. The molecule has 0 unspecified atom stereocenters. The van der Waals surface area contributed by atoms with Gasteiger partial charge in [-0.2, -0.15) is 0 Å². The topological polar surface area (TPSA) is 98.2 Å². The average molecular weight is 482 g/mol. The molecule has 0 fully saturated rings. The number of amides is 1. The zero-order valence-electron chi connectivity index (χ0n) is 22.9. The summed E-state index contributed by atoms with van der Waals surface area (Å²) in [5.74, 6) is 0.0701. The van der Waals surface area contributed by atoms with E-state index >= 15 is 0 Å². The molecule has 0 rings (SSSR count). The lowest BCUT2D eigenvalue weighted by atomic mass is 9.92. The minimum atomic E-state index is -0.210. The van der Waals surface area contributed by atoms with Crippen LogP contribution in [0.5, 0.6) is 0 Å². The van der Waals surface area contributed by atoms with Gasteiger partial charge in [-0.05, 0) is 52.1 Å². The minimum Gasteiger partial charge on any atom is -0.353 e. The van der Waals surface area contributed by atoms with Gasteiger partial charge in [0.2, 0.25) is 5.91 Å². The normalized spacial score (nSPS) is 13.1.